The highest BCUT2D eigenvalue weighted by Crippen LogP contribution is 2.20. The van der Waals surface area contributed by atoms with Gasteiger partial charge in [-0.2, -0.15) is 0 Å². The van der Waals surface area contributed by atoms with Crippen molar-refractivity contribution < 1.29 is 4.79 Å². The van der Waals surface area contributed by atoms with E-state index in [1.807, 2.05) is 11.9 Å². The summed E-state index contributed by atoms with van der Waals surface area (Å²) in [5.41, 5.74) is 3.61. The summed E-state index contributed by atoms with van der Waals surface area (Å²) in [7, 11) is 1.97. The molecule has 0 aliphatic rings. The molecule has 0 atom stereocenters. The Kier molecular flexibility index (Phi) is 7.83. The predicted octanol–water partition coefficient (Wildman–Crippen LogP) is 2.46. The smallest absolute Gasteiger partial charge is 0.239 e. The first-order valence-electron chi connectivity index (χ1n) is 7.86. The van der Waals surface area contributed by atoms with E-state index in [4.69, 9.17) is 0 Å². The molecular weight excluding hydrogens is 262 g/mol. The molecule has 2 N–H and O–H groups in total. The Bertz CT molecular complexity index is 446. The molecule has 4 heteroatoms. The summed E-state index contributed by atoms with van der Waals surface area (Å²) >= 11 is 0. The third-order valence-electron chi connectivity index (χ3n) is 3.34. The highest BCUT2D eigenvalue weighted by atomic mass is 16.2. The van der Waals surface area contributed by atoms with E-state index in [1.54, 1.807) is 0 Å². The van der Waals surface area contributed by atoms with Gasteiger partial charge in [0.25, 0.3) is 0 Å². The maximum Gasteiger partial charge on any atom is 0.239 e. The third kappa shape index (κ3) is 6.17. The van der Waals surface area contributed by atoms with E-state index >= 15 is 0 Å². The van der Waals surface area contributed by atoms with Crippen LogP contribution in [-0.2, 0) is 11.3 Å². The number of nitrogens with one attached hydrogen (secondary N) is 2. The molecule has 21 heavy (non-hydrogen) atoms. The third-order valence-corrected chi connectivity index (χ3v) is 3.34. The predicted molar refractivity (Wildman–Crippen MR) is 89.7 cm³/mol. The molecular formula is C17H29N3O. The van der Waals surface area contributed by atoms with Gasteiger partial charge in [-0.25, -0.2) is 0 Å². The van der Waals surface area contributed by atoms with Crippen molar-refractivity contribution in [1.29, 1.82) is 0 Å². The second-order valence-electron chi connectivity index (χ2n) is 5.51. The summed E-state index contributed by atoms with van der Waals surface area (Å²) in [6, 6.07) is 6.39. The van der Waals surface area contributed by atoms with E-state index in [1.165, 1.54) is 11.1 Å². The van der Waals surface area contributed by atoms with E-state index in [2.05, 4.69) is 49.6 Å². The number of benzene rings is 1. The Hall–Kier alpha value is -1.55. The maximum absolute atomic E-state index is 11.9. The van der Waals surface area contributed by atoms with Crippen molar-refractivity contribution in [2.24, 2.45) is 0 Å². The van der Waals surface area contributed by atoms with Gasteiger partial charge in [-0.1, -0.05) is 31.5 Å². The van der Waals surface area contributed by atoms with Crippen LogP contribution < -0.4 is 15.5 Å². The Balaban J connectivity index is 2.72. The number of aryl methyl sites for hydroxylation is 1. The van der Waals surface area contributed by atoms with Gasteiger partial charge in [-0.3, -0.25) is 4.79 Å². The molecule has 118 valence electrons. The van der Waals surface area contributed by atoms with Gasteiger partial charge >= 0.3 is 0 Å². The van der Waals surface area contributed by atoms with Crippen molar-refractivity contribution in [3.63, 3.8) is 0 Å². The molecule has 0 fully saturated rings. The van der Waals surface area contributed by atoms with E-state index in [0.29, 0.717) is 6.54 Å². The molecule has 1 rings (SSSR count). The first-order valence-corrected chi connectivity index (χ1v) is 7.86. The molecule has 1 aromatic rings. The fourth-order valence-electron chi connectivity index (χ4n) is 2.25. The normalized spacial score (nSPS) is 10.5. The molecule has 0 saturated heterocycles. The van der Waals surface area contributed by atoms with Crippen LogP contribution in [0.4, 0.5) is 5.69 Å². The van der Waals surface area contributed by atoms with E-state index in [-0.39, 0.29) is 5.91 Å². The summed E-state index contributed by atoms with van der Waals surface area (Å²) in [5.74, 6) is 0.0763. The SMILES string of the molecule is CCCNCc1cc(C)ccc1N(C)CC(=O)NCCC. The van der Waals surface area contributed by atoms with Gasteiger partial charge in [0.2, 0.25) is 5.91 Å². The summed E-state index contributed by atoms with van der Waals surface area (Å²) < 4.78 is 0. The van der Waals surface area contributed by atoms with Crippen LogP contribution in [0, 0.1) is 6.92 Å². The van der Waals surface area contributed by atoms with Gasteiger partial charge in [-0.05, 0) is 37.9 Å². The molecule has 0 radical (unpaired) electrons. The number of rotatable bonds is 9. The minimum atomic E-state index is 0.0763. The van der Waals surface area contributed by atoms with Crippen molar-refractivity contribution in [3.8, 4) is 0 Å². The average molecular weight is 291 g/mol. The van der Waals surface area contributed by atoms with Crippen molar-refractivity contribution in [1.82, 2.24) is 10.6 Å². The highest BCUT2D eigenvalue weighted by molar-refractivity contribution is 5.81. The lowest BCUT2D eigenvalue weighted by Gasteiger charge is -2.22. The standard InChI is InChI=1S/C17H29N3O/c1-5-9-18-12-15-11-14(3)7-8-16(15)20(4)13-17(21)19-10-6-2/h7-8,11,18H,5-6,9-10,12-13H2,1-4H3,(H,19,21). The molecule has 0 saturated carbocycles. The Morgan fingerprint density at radius 2 is 1.90 bits per heavy atom. The monoisotopic (exact) mass is 291 g/mol. The van der Waals surface area contributed by atoms with Crippen LogP contribution >= 0.6 is 0 Å². The summed E-state index contributed by atoms with van der Waals surface area (Å²) in [6.07, 6.45) is 2.09. The molecule has 4 nitrogen and oxygen atoms in total. The van der Waals surface area contributed by atoms with Crippen molar-refractivity contribution in [2.45, 2.75) is 40.2 Å². The molecule has 1 aromatic carbocycles. The zero-order valence-corrected chi connectivity index (χ0v) is 13.8. The van der Waals surface area contributed by atoms with Crippen LogP contribution in [-0.4, -0.2) is 32.6 Å². The molecule has 0 aromatic heterocycles. The number of carbonyl (C=O) groups excluding carboxylic acids is 1. The van der Waals surface area contributed by atoms with Crippen molar-refractivity contribution >= 4 is 11.6 Å². The summed E-state index contributed by atoms with van der Waals surface area (Å²) in [4.78, 5) is 13.9. The number of hydrogen-bond donors (Lipinski definition) is 2. The second kappa shape index (κ2) is 9.40. The quantitative estimate of drug-likeness (QED) is 0.687. The van der Waals surface area contributed by atoms with E-state index < -0.39 is 0 Å². The lowest BCUT2D eigenvalue weighted by molar-refractivity contribution is -0.119. The summed E-state index contributed by atoms with van der Waals surface area (Å²) in [6.45, 7) is 9.30. The number of hydrogen-bond acceptors (Lipinski definition) is 3. The average Bonchev–Trinajstić information content (AvgIpc) is 2.45. The Labute approximate surface area is 128 Å². The Morgan fingerprint density at radius 3 is 2.57 bits per heavy atom. The van der Waals surface area contributed by atoms with Gasteiger partial charge in [0.1, 0.15) is 0 Å². The Morgan fingerprint density at radius 1 is 1.19 bits per heavy atom. The first-order chi connectivity index (χ1) is 10.1. The number of anilines is 1. The molecule has 1 amide bonds. The lowest BCUT2D eigenvalue weighted by atomic mass is 10.1. The van der Waals surface area contributed by atoms with Crippen LogP contribution in [0.1, 0.15) is 37.8 Å². The zero-order valence-electron chi connectivity index (χ0n) is 13.8. The zero-order chi connectivity index (χ0) is 15.7. The molecule has 0 aliphatic carbocycles. The van der Waals surface area contributed by atoms with Crippen molar-refractivity contribution in [2.75, 3.05) is 31.6 Å². The van der Waals surface area contributed by atoms with Crippen LogP contribution in [0.15, 0.2) is 18.2 Å². The topological polar surface area (TPSA) is 44.4 Å². The van der Waals surface area contributed by atoms with Gasteiger partial charge in [-0.15, -0.1) is 0 Å². The molecule has 0 bridgehead atoms. The van der Waals surface area contributed by atoms with Gasteiger partial charge < -0.3 is 15.5 Å². The van der Waals surface area contributed by atoms with Crippen LogP contribution in [0.3, 0.4) is 0 Å². The van der Waals surface area contributed by atoms with Crippen LogP contribution in [0.2, 0.25) is 0 Å². The number of nitrogens with zero attached hydrogens (tertiary/aromatic N) is 1. The molecule has 0 spiro atoms. The minimum absolute atomic E-state index is 0.0763. The van der Waals surface area contributed by atoms with Crippen LogP contribution in [0.5, 0.6) is 0 Å². The fourth-order valence-corrected chi connectivity index (χ4v) is 2.25. The second-order valence-corrected chi connectivity index (χ2v) is 5.51. The number of amides is 1. The highest BCUT2D eigenvalue weighted by Gasteiger charge is 2.11. The van der Waals surface area contributed by atoms with E-state index in [9.17, 15) is 4.79 Å². The van der Waals surface area contributed by atoms with Gasteiger partial charge in [0.15, 0.2) is 0 Å². The number of likely N-dealkylation sites (N-methyl/N-ethyl adjacent to an activating group) is 1. The lowest BCUT2D eigenvalue weighted by Crippen LogP contribution is -2.36. The van der Waals surface area contributed by atoms with Gasteiger partial charge in [0.05, 0.1) is 6.54 Å². The molecule has 0 aliphatic heterocycles. The molecule has 0 unspecified atom stereocenters. The maximum atomic E-state index is 11.9. The largest absolute Gasteiger partial charge is 0.365 e. The molecule has 0 heterocycles. The number of carbonyl (C=O) groups is 1. The van der Waals surface area contributed by atoms with Crippen LogP contribution in [0.25, 0.3) is 0 Å². The van der Waals surface area contributed by atoms with E-state index in [0.717, 1.165) is 38.2 Å². The van der Waals surface area contributed by atoms with Gasteiger partial charge in [0, 0.05) is 25.8 Å². The minimum Gasteiger partial charge on any atom is -0.365 e. The first kappa shape index (κ1) is 17.5. The summed E-state index contributed by atoms with van der Waals surface area (Å²) in [5, 5.41) is 6.35. The van der Waals surface area contributed by atoms with Crippen molar-refractivity contribution in [3.05, 3.63) is 29.3 Å². The fraction of sp³-hybridized carbons (Fsp3) is 0.588.